The molecule has 94 valence electrons. The Bertz CT molecular complexity index is 220. The average molecular weight is 227 g/mol. The van der Waals surface area contributed by atoms with Crippen LogP contribution in [0.25, 0.3) is 0 Å². The van der Waals surface area contributed by atoms with Crippen molar-refractivity contribution in [3.63, 3.8) is 0 Å². The molecule has 2 N–H and O–H groups in total. The first-order valence-corrected chi connectivity index (χ1v) is 6.38. The number of urea groups is 1. The second kappa shape index (κ2) is 6.74. The Morgan fingerprint density at radius 1 is 1.50 bits per heavy atom. The normalized spacial score (nSPS) is 26.4. The maximum Gasteiger partial charge on any atom is 0.315 e. The molecule has 1 fully saturated rings. The first kappa shape index (κ1) is 13.3. The van der Waals surface area contributed by atoms with E-state index in [2.05, 4.69) is 36.4 Å². The van der Waals surface area contributed by atoms with Crippen LogP contribution in [0.5, 0.6) is 0 Å². The van der Waals surface area contributed by atoms with E-state index in [-0.39, 0.29) is 6.03 Å². The quantitative estimate of drug-likeness (QED) is 0.716. The Hall–Kier alpha value is -0.770. The third-order valence-electron chi connectivity index (χ3n) is 3.36. The molecular formula is C12H25N3O. The van der Waals surface area contributed by atoms with Gasteiger partial charge in [0, 0.05) is 25.2 Å². The summed E-state index contributed by atoms with van der Waals surface area (Å²) >= 11 is 0. The Morgan fingerprint density at radius 2 is 2.25 bits per heavy atom. The lowest BCUT2D eigenvalue weighted by molar-refractivity contribution is 0.167. The molecule has 0 aromatic rings. The maximum absolute atomic E-state index is 11.5. The van der Waals surface area contributed by atoms with Crippen LogP contribution in [-0.2, 0) is 0 Å². The standard InChI is InChI=1S/C12H25N3O/c1-4-5-7-13-12(16)14-11-6-8-15(3)10(2)9-11/h10-11H,4-9H2,1-3H3,(H2,13,14,16). The van der Waals surface area contributed by atoms with Gasteiger partial charge in [0.15, 0.2) is 0 Å². The van der Waals surface area contributed by atoms with E-state index in [4.69, 9.17) is 0 Å². The highest BCUT2D eigenvalue weighted by Crippen LogP contribution is 2.14. The van der Waals surface area contributed by atoms with E-state index < -0.39 is 0 Å². The molecule has 0 aromatic carbocycles. The summed E-state index contributed by atoms with van der Waals surface area (Å²) < 4.78 is 0. The summed E-state index contributed by atoms with van der Waals surface area (Å²) in [5.41, 5.74) is 0. The molecule has 16 heavy (non-hydrogen) atoms. The van der Waals surface area contributed by atoms with Gasteiger partial charge in [-0.15, -0.1) is 0 Å². The lowest BCUT2D eigenvalue weighted by atomic mass is 9.99. The zero-order valence-corrected chi connectivity index (χ0v) is 10.8. The summed E-state index contributed by atoms with van der Waals surface area (Å²) in [4.78, 5) is 13.9. The van der Waals surface area contributed by atoms with Gasteiger partial charge in [0.25, 0.3) is 0 Å². The molecule has 2 atom stereocenters. The molecule has 1 saturated heterocycles. The van der Waals surface area contributed by atoms with Gasteiger partial charge in [0.1, 0.15) is 0 Å². The highest BCUT2D eigenvalue weighted by atomic mass is 16.2. The molecule has 0 aliphatic carbocycles. The topological polar surface area (TPSA) is 44.4 Å². The van der Waals surface area contributed by atoms with Gasteiger partial charge >= 0.3 is 6.03 Å². The van der Waals surface area contributed by atoms with Gasteiger partial charge in [-0.2, -0.15) is 0 Å². The van der Waals surface area contributed by atoms with Gasteiger partial charge in [-0.25, -0.2) is 4.79 Å². The van der Waals surface area contributed by atoms with Crippen molar-refractivity contribution in [1.82, 2.24) is 15.5 Å². The molecule has 1 aliphatic rings. The Morgan fingerprint density at radius 3 is 2.88 bits per heavy atom. The minimum atomic E-state index is -0.00444. The predicted octanol–water partition coefficient (Wildman–Crippen LogP) is 1.57. The van der Waals surface area contributed by atoms with Crippen LogP contribution in [0.2, 0.25) is 0 Å². The fourth-order valence-electron chi connectivity index (χ4n) is 2.04. The van der Waals surface area contributed by atoms with Crippen LogP contribution in [0.3, 0.4) is 0 Å². The number of likely N-dealkylation sites (tertiary alicyclic amines) is 1. The van der Waals surface area contributed by atoms with Gasteiger partial charge in [-0.05, 0) is 33.2 Å². The number of carbonyl (C=O) groups excluding carboxylic acids is 1. The Kier molecular flexibility index (Phi) is 5.60. The van der Waals surface area contributed by atoms with Gasteiger partial charge in [-0.3, -0.25) is 0 Å². The van der Waals surface area contributed by atoms with E-state index in [0.717, 1.165) is 38.8 Å². The number of nitrogens with zero attached hydrogens (tertiary/aromatic N) is 1. The highest BCUT2D eigenvalue weighted by molar-refractivity contribution is 5.74. The van der Waals surface area contributed by atoms with Crippen LogP contribution < -0.4 is 10.6 Å². The maximum atomic E-state index is 11.5. The summed E-state index contributed by atoms with van der Waals surface area (Å²) in [5.74, 6) is 0. The number of unbranched alkanes of at least 4 members (excludes halogenated alkanes) is 1. The Balaban J connectivity index is 2.19. The van der Waals surface area contributed by atoms with Gasteiger partial charge in [-0.1, -0.05) is 13.3 Å². The van der Waals surface area contributed by atoms with Crippen molar-refractivity contribution < 1.29 is 4.79 Å². The molecule has 1 rings (SSSR count). The SMILES string of the molecule is CCCCNC(=O)NC1CCN(C)C(C)C1. The third-order valence-corrected chi connectivity index (χ3v) is 3.36. The van der Waals surface area contributed by atoms with E-state index >= 15 is 0 Å². The second-order valence-electron chi connectivity index (χ2n) is 4.80. The lowest BCUT2D eigenvalue weighted by Crippen LogP contribution is -2.50. The van der Waals surface area contributed by atoms with Crippen molar-refractivity contribution in [1.29, 1.82) is 0 Å². The summed E-state index contributed by atoms with van der Waals surface area (Å²) in [5, 5.41) is 5.95. The number of carbonyl (C=O) groups is 1. The number of piperidine rings is 1. The molecule has 0 radical (unpaired) electrons. The van der Waals surface area contributed by atoms with Crippen molar-refractivity contribution in [3.05, 3.63) is 0 Å². The largest absolute Gasteiger partial charge is 0.338 e. The van der Waals surface area contributed by atoms with E-state index in [1.54, 1.807) is 0 Å². The van der Waals surface area contributed by atoms with Crippen LogP contribution in [0, 0.1) is 0 Å². The number of hydrogen-bond acceptors (Lipinski definition) is 2. The fraction of sp³-hybridized carbons (Fsp3) is 0.917. The summed E-state index contributed by atoms with van der Waals surface area (Å²) in [6.45, 7) is 6.19. The third kappa shape index (κ3) is 4.39. The van der Waals surface area contributed by atoms with Crippen molar-refractivity contribution in [2.45, 2.75) is 51.6 Å². The summed E-state index contributed by atoms with van der Waals surface area (Å²) in [7, 11) is 2.14. The van der Waals surface area contributed by atoms with Crippen molar-refractivity contribution in [2.24, 2.45) is 0 Å². The number of hydrogen-bond donors (Lipinski definition) is 2. The van der Waals surface area contributed by atoms with E-state index in [1.807, 2.05) is 0 Å². The van der Waals surface area contributed by atoms with Crippen LogP contribution in [0.4, 0.5) is 4.79 Å². The van der Waals surface area contributed by atoms with E-state index in [9.17, 15) is 4.79 Å². The minimum Gasteiger partial charge on any atom is -0.338 e. The van der Waals surface area contributed by atoms with Crippen LogP contribution in [-0.4, -0.2) is 43.2 Å². The zero-order valence-electron chi connectivity index (χ0n) is 10.8. The van der Waals surface area contributed by atoms with Crippen molar-refractivity contribution >= 4 is 6.03 Å². The molecule has 2 amide bonds. The minimum absolute atomic E-state index is 0.00444. The fourth-order valence-corrected chi connectivity index (χ4v) is 2.04. The molecule has 1 heterocycles. The molecule has 4 nitrogen and oxygen atoms in total. The lowest BCUT2D eigenvalue weighted by Gasteiger charge is -2.35. The molecule has 0 aromatic heterocycles. The van der Waals surface area contributed by atoms with Crippen molar-refractivity contribution in [2.75, 3.05) is 20.1 Å². The molecule has 1 aliphatic heterocycles. The molecule has 0 spiro atoms. The van der Waals surface area contributed by atoms with Gasteiger partial charge in [0.05, 0.1) is 0 Å². The number of amides is 2. The van der Waals surface area contributed by atoms with E-state index in [1.165, 1.54) is 0 Å². The number of nitrogens with one attached hydrogen (secondary N) is 2. The smallest absolute Gasteiger partial charge is 0.315 e. The summed E-state index contributed by atoms with van der Waals surface area (Å²) in [6.07, 6.45) is 4.28. The van der Waals surface area contributed by atoms with Crippen molar-refractivity contribution in [3.8, 4) is 0 Å². The first-order chi connectivity index (χ1) is 7.63. The van der Waals surface area contributed by atoms with Gasteiger partial charge in [0.2, 0.25) is 0 Å². The zero-order chi connectivity index (χ0) is 12.0. The molecule has 0 bridgehead atoms. The molecule has 2 unspecified atom stereocenters. The van der Waals surface area contributed by atoms with Crippen LogP contribution in [0.15, 0.2) is 0 Å². The van der Waals surface area contributed by atoms with Crippen LogP contribution >= 0.6 is 0 Å². The second-order valence-corrected chi connectivity index (χ2v) is 4.80. The molecule has 0 saturated carbocycles. The first-order valence-electron chi connectivity index (χ1n) is 6.38. The average Bonchev–Trinajstić information content (AvgIpc) is 2.24. The molecular weight excluding hydrogens is 202 g/mol. The monoisotopic (exact) mass is 227 g/mol. The molecule has 4 heteroatoms. The van der Waals surface area contributed by atoms with Crippen LogP contribution in [0.1, 0.15) is 39.5 Å². The highest BCUT2D eigenvalue weighted by Gasteiger charge is 2.23. The predicted molar refractivity (Wildman–Crippen MR) is 66.6 cm³/mol. The summed E-state index contributed by atoms with van der Waals surface area (Å²) in [6, 6.07) is 0.901. The van der Waals surface area contributed by atoms with E-state index in [0.29, 0.717) is 12.1 Å². The number of rotatable bonds is 4. The Labute approximate surface area is 98.8 Å². The van der Waals surface area contributed by atoms with Gasteiger partial charge < -0.3 is 15.5 Å².